The Morgan fingerprint density at radius 1 is 0.411 bits per heavy atom. The van der Waals surface area contributed by atoms with E-state index < -0.39 is 0 Å². The first-order valence-electron chi connectivity index (χ1n) is 21.7. The summed E-state index contributed by atoms with van der Waals surface area (Å²) in [5, 5.41) is 0. The van der Waals surface area contributed by atoms with Crippen LogP contribution < -0.4 is 0 Å². The third-order valence-electron chi connectivity index (χ3n) is 14.5. The molecule has 7 rings (SSSR count). The van der Waals surface area contributed by atoms with E-state index in [1.54, 1.807) is 0 Å². The lowest BCUT2D eigenvalue weighted by atomic mass is 9.72. The SMILES string of the molecule is CCC1(CC)C2=C/C(=C\c3ccc(C)cc3)C(=N2)C(CC)(CC)c2ccc([nH]2)C(CC)(CC)C2=NC(=C/C2=C\c2ccc(C)cc2)C(CC)(CC)c2ccc1[nH]2. The van der Waals surface area contributed by atoms with Crippen molar-refractivity contribution in [2.24, 2.45) is 9.98 Å². The van der Waals surface area contributed by atoms with Crippen LogP contribution in [0.5, 0.6) is 0 Å². The van der Waals surface area contributed by atoms with Gasteiger partial charge in [0.15, 0.2) is 0 Å². The molecule has 5 heterocycles. The van der Waals surface area contributed by atoms with Crippen molar-refractivity contribution >= 4 is 23.6 Å². The highest BCUT2D eigenvalue weighted by atomic mass is 14.9. The highest BCUT2D eigenvalue weighted by Gasteiger charge is 2.48. The van der Waals surface area contributed by atoms with E-state index in [4.69, 9.17) is 9.98 Å². The third-order valence-corrected chi connectivity index (χ3v) is 14.5. The van der Waals surface area contributed by atoms with Crippen LogP contribution in [0, 0.1) is 13.8 Å². The van der Waals surface area contributed by atoms with E-state index in [1.165, 1.54) is 67.6 Å². The largest absolute Gasteiger partial charge is 0.361 e. The summed E-state index contributed by atoms with van der Waals surface area (Å²) in [4.78, 5) is 20.0. The average molecular weight is 745 g/mol. The highest BCUT2D eigenvalue weighted by molar-refractivity contribution is 6.16. The predicted octanol–water partition coefficient (Wildman–Crippen LogP) is 13.7. The maximum atomic E-state index is 5.85. The van der Waals surface area contributed by atoms with Gasteiger partial charge in [-0.05, 0) is 136 Å². The molecule has 0 radical (unpaired) electrons. The Kier molecular flexibility index (Phi) is 10.8. The number of hydrogen-bond donors (Lipinski definition) is 2. The molecule has 0 fully saturated rings. The molecule has 0 atom stereocenters. The molecule has 2 aromatic carbocycles. The number of aliphatic imine (C=N–C) groups is 2. The second-order valence-corrected chi connectivity index (χ2v) is 16.7. The van der Waals surface area contributed by atoms with Gasteiger partial charge >= 0.3 is 0 Å². The fourth-order valence-corrected chi connectivity index (χ4v) is 10.4. The van der Waals surface area contributed by atoms with Gasteiger partial charge in [0.2, 0.25) is 0 Å². The first kappa shape index (κ1) is 39.5. The van der Waals surface area contributed by atoms with Gasteiger partial charge in [-0.15, -0.1) is 0 Å². The zero-order valence-corrected chi connectivity index (χ0v) is 35.8. The highest BCUT2D eigenvalue weighted by Crippen LogP contribution is 2.51. The number of fused-ring (bicyclic) bond motifs is 6. The van der Waals surface area contributed by atoms with E-state index in [2.05, 4.69) is 176 Å². The van der Waals surface area contributed by atoms with Gasteiger partial charge in [-0.25, -0.2) is 0 Å². The van der Waals surface area contributed by atoms with Crippen molar-refractivity contribution in [2.45, 2.75) is 142 Å². The van der Waals surface area contributed by atoms with Gasteiger partial charge in [-0.2, -0.15) is 0 Å². The molecule has 8 bridgehead atoms. The number of aromatic nitrogens is 2. The topological polar surface area (TPSA) is 56.3 Å². The third kappa shape index (κ3) is 6.10. The Morgan fingerprint density at radius 3 is 0.982 bits per heavy atom. The number of aromatic amines is 2. The van der Waals surface area contributed by atoms with Gasteiger partial charge in [-0.3, -0.25) is 9.98 Å². The first-order valence-corrected chi connectivity index (χ1v) is 21.7. The molecule has 0 aliphatic carbocycles. The smallest absolute Gasteiger partial charge is 0.0600 e. The van der Waals surface area contributed by atoms with E-state index in [0.717, 1.165) is 62.8 Å². The molecule has 0 saturated carbocycles. The fraction of sp³-hybridized carbons (Fsp3) is 0.423. The maximum absolute atomic E-state index is 5.85. The summed E-state index contributed by atoms with van der Waals surface area (Å²) in [5.41, 5.74) is 15.9. The molecule has 0 spiro atoms. The van der Waals surface area contributed by atoms with Crippen LogP contribution in [0.2, 0.25) is 0 Å². The van der Waals surface area contributed by atoms with Crippen LogP contribution in [0.25, 0.3) is 12.2 Å². The predicted molar refractivity (Wildman–Crippen MR) is 240 cm³/mol. The van der Waals surface area contributed by atoms with Crippen molar-refractivity contribution in [1.82, 2.24) is 9.97 Å². The number of H-pyrrole nitrogens is 2. The van der Waals surface area contributed by atoms with Crippen molar-refractivity contribution < 1.29 is 0 Å². The summed E-state index contributed by atoms with van der Waals surface area (Å²) in [6.45, 7) is 23.0. The molecule has 2 N–H and O–H groups in total. The lowest BCUT2D eigenvalue weighted by Crippen LogP contribution is -2.38. The number of aryl methyl sites for hydroxylation is 2. The summed E-state index contributed by atoms with van der Waals surface area (Å²) in [5.74, 6) is 0. The zero-order chi connectivity index (χ0) is 39.9. The molecular formula is C52H64N4. The summed E-state index contributed by atoms with van der Waals surface area (Å²) in [6.07, 6.45) is 17.1. The summed E-state index contributed by atoms with van der Waals surface area (Å²) < 4.78 is 0. The Balaban J connectivity index is 1.56. The summed E-state index contributed by atoms with van der Waals surface area (Å²) >= 11 is 0. The molecular weight excluding hydrogens is 681 g/mol. The van der Waals surface area contributed by atoms with Gasteiger partial charge in [0.05, 0.1) is 44.5 Å². The second-order valence-electron chi connectivity index (χ2n) is 16.7. The monoisotopic (exact) mass is 745 g/mol. The fourth-order valence-electron chi connectivity index (χ4n) is 10.4. The number of rotatable bonds is 10. The van der Waals surface area contributed by atoms with E-state index in [1.807, 2.05) is 0 Å². The number of benzene rings is 2. The van der Waals surface area contributed by atoms with Crippen LogP contribution in [-0.4, -0.2) is 21.4 Å². The normalized spacial score (nSPS) is 20.5. The van der Waals surface area contributed by atoms with Crippen LogP contribution in [-0.2, 0) is 21.7 Å². The van der Waals surface area contributed by atoms with E-state index in [9.17, 15) is 0 Å². The number of nitrogens with one attached hydrogen (secondary N) is 2. The van der Waals surface area contributed by atoms with Gasteiger partial charge < -0.3 is 9.97 Å². The lowest BCUT2D eigenvalue weighted by Gasteiger charge is -2.36. The van der Waals surface area contributed by atoms with Crippen molar-refractivity contribution in [3.63, 3.8) is 0 Å². The number of nitrogens with zero attached hydrogens (tertiary/aromatic N) is 2. The van der Waals surface area contributed by atoms with Crippen LogP contribution in [0.15, 0.2) is 117 Å². The summed E-state index contributed by atoms with van der Waals surface area (Å²) in [7, 11) is 0. The number of allylic oxidation sites excluding steroid dienone is 6. The van der Waals surface area contributed by atoms with Crippen molar-refractivity contribution in [3.05, 3.63) is 153 Å². The van der Waals surface area contributed by atoms with Crippen LogP contribution >= 0.6 is 0 Å². The minimum Gasteiger partial charge on any atom is -0.361 e. The minimum absolute atomic E-state index is 0.278. The molecule has 4 aromatic rings. The van der Waals surface area contributed by atoms with Crippen molar-refractivity contribution in [2.75, 3.05) is 0 Å². The molecule has 3 aliphatic heterocycles. The Labute approximate surface area is 337 Å². The Hall–Kier alpha value is -4.70. The zero-order valence-electron chi connectivity index (χ0n) is 35.8. The van der Waals surface area contributed by atoms with Gasteiger partial charge in [0, 0.05) is 22.8 Å². The second kappa shape index (κ2) is 15.3. The minimum atomic E-state index is -0.313. The molecule has 0 amide bonds. The Bertz CT molecular complexity index is 2080. The van der Waals surface area contributed by atoms with Crippen LogP contribution in [0.4, 0.5) is 0 Å². The van der Waals surface area contributed by atoms with E-state index in [0.29, 0.717) is 0 Å². The molecule has 4 nitrogen and oxygen atoms in total. The first-order chi connectivity index (χ1) is 27.0. The standard InChI is InChI=1S/C52H64N4/c1-11-49(12-2)41-27-28-42(53-41)50(13-3,14-4)46-34-40(32-38-25-21-36(10)22-26-38)48(56-46)52(17-7,18-8)44-30-29-43(54-44)51(15-5,16-6)47-39(33-45(49)55-47)31-37-23-19-35(9)20-24-37/h19-34,53-54H,11-18H2,1-10H3/b39-31+,40-32+. The van der Waals surface area contributed by atoms with Gasteiger partial charge in [0.1, 0.15) is 0 Å². The summed E-state index contributed by atoms with van der Waals surface area (Å²) in [6, 6.07) is 27.3. The van der Waals surface area contributed by atoms with Gasteiger partial charge in [-0.1, -0.05) is 115 Å². The number of hydrogen-bond acceptors (Lipinski definition) is 2. The quantitative estimate of drug-likeness (QED) is 0.162. The Morgan fingerprint density at radius 2 is 0.696 bits per heavy atom. The maximum Gasteiger partial charge on any atom is 0.0600 e. The van der Waals surface area contributed by atoms with Crippen molar-refractivity contribution in [1.29, 1.82) is 0 Å². The van der Waals surface area contributed by atoms with Crippen LogP contribution in [0.3, 0.4) is 0 Å². The molecule has 56 heavy (non-hydrogen) atoms. The van der Waals surface area contributed by atoms with Crippen molar-refractivity contribution in [3.8, 4) is 0 Å². The molecule has 0 unspecified atom stereocenters. The van der Waals surface area contributed by atoms with E-state index in [-0.39, 0.29) is 21.7 Å². The average Bonchev–Trinajstić information content (AvgIpc) is 4.06. The molecule has 4 heteroatoms. The lowest BCUT2D eigenvalue weighted by molar-refractivity contribution is 0.431. The van der Waals surface area contributed by atoms with Gasteiger partial charge in [0.25, 0.3) is 0 Å². The molecule has 292 valence electrons. The van der Waals surface area contributed by atoms with E-state index >= 15 is 0 Å². The molecule has 3 aliphatic rings. The van der Waals surface area contributed by atoms with Crippen LogP contribution in [0.1, 0.15) is 152 Å². The molecule has 2 aromatic heterocycles. The molecule has 0 saturated heterocycles.